The lowest BCUT2D eigenvalue weighted by Gasteiger charge is -2.20. The van der Waals surface area contributed by atoms with Crippen molar-refractivity contribution >= 4 is 27.6 Å². The zero-order valence-corrected chi connectivity index (χ0v) is 34.8. The molecule has 14 nitrogen and oxygen atoms in total. The second-order valence-corrected chi connectivity index (χ2v) is 16.2. The summed E-state index contributed by atoms with van der Waals surface area (Å²) in [5, 5.41) is 19.5. The second kappa shape index (κ2) is 33.9. The third-order valence-corrected chi connectivity index (χ3v) is 9.10. The predicted molar refractivity (Wildman–Crippen MR) is 213 cm³/mol. The third kappa shape index (κ3) is 38.4. The lowest BCUT2D eigenvalue weighted by molar-refractivity contribution is -0.161. The summed E-state index contributed by atoms with van der Waals surface area (Å²) in [6.07, 6.45) is 28.9. The average molecular weight is 823 g/mol. The lowest BCUT2D eigenvalue weighted by Crippen LogP contribution is -2.29. The number of rotatable bonds is 35. The molecule has 55 heavy (non-hydrogen) atoms. The van der Waals surface area contributed by atoms with Crippen LogP contribution in [-0.4, -0.2) is 81.6 Å². The highest BCUT2D eigenvalue weighted by molar-refractivity contribution is 7.47. The fourth-order valence-electron chi connectivity index (χ4n) is 4.70. The van der Waals surface area contributed by atoms with Gasteiger partial charge in [-0.1, -0.05) is 126 Å². The highest BCUT2D eigenvalue weighted by atomic mass is 31.2. The molecule has 0 aromatic rings. The summed E-state index contributed by atoms with van der Waals surface area (Å²) in [4.78, 5) is 52.4. The summed E-state index contributed by atoms with van der Waals surface area (Å²) in [6, 6.07) is 0. The average Bonchev–Trinajstić information content (AvgIpc) is 3.12. The smallest absolute Gasteiger partial charge is 0.462 e. The van der Waals surface area contributed by atoms with E-state index in [2.05, 4.69) is 22.9 Å². The van der Waals surface area contributed by atoms with Crippen molar-refractivity contribution in [1.82, 2.24) is 0 Å². The normalized spacial score (nSPS) is 15.5. The van der Waals surface area contributed by atoms with Gasteiger partial charge < -0.3 is 34.4 Å². The van der Waals surface area contributed by atoms with Crippen LogP contribution in [0.25, 0.3) is 0 Å². The van der Waals surface area contributed by atoms with E-state index in [0.29, 0.717) is 31.6 Å². The summed E-state index contributed by atoms with van der Waals surface area (Å²) >= 11 is 0. The van der Waals surface area contributed by atoms with Crippen molar-refractivity contribution in [3.05, 3.63) is 60.8 Å². The van der Waals surface area contributed by atoms with Crippen LogP contribution in [0, 0.1) is 5.92 Å². The second-order valence-electron chi connectivity index (χ2n) is 13.5. The maximum atomic E-state index is 12.6. The molecule has 0 aromatic carbocycles. The lowest BCUT2D eigenvalue weighted by atomic mass is 10.0. The first-order chi connectivity index (χ1) is 26.1. The number of hydrogen-bond acceptors (Lipinski definition) is 11. The zero-order valence-electron chi connectivity index (χ0n) is 33.0. The number of allylic oxidation sites excluding steroid dienone is 8. The van der Waals surface area contributed by atoms with E-state index in [4.69, 9.17) is 23.8 Å². The fraction of sp³-hybridized carbons (Fsp3) is 0.692. The van der Waals surface area contributed by atoms with E-state index < -0.39 is 72.3 Å². The maximum Gasteiger partial charge on any atom is 0.472 e. The van der Waals surface area contributed by atoms with Crippen molar-refractivity contribution in [3.63, 3.8) is 0 Å². The minimum atomic E-state index is -4.87. The SMILES string of the molecule is CC/C=C\C(O)C/C=C/C=C\C/C=C\C/C=C\CCCC(=O)O[C@H](COC(=O)CCCCCCCCCC(C)C)COP(=O)(O)OC[C@@H](O)COP(=O)(O)O. The molecule has 0 spiro atoms. The zero-order chi connectivity index (χ0) is 41.2. The molecule has 5 N–H and O–H groups in total. The van der Waals surface area contributed by atoms with Gasteiger partial charge in [0.25, 0.3) is 0 Å². The number of ether oxygens (including phenoxy) is 2. The maximum absolute atomic E-state index is 12.6. The van der Waals surface area contributed by atoms with Gasteiger partial charge in [0, 0.05) is 12.8 Å². The Morgan fingerprint density at radius 2 is 1.24 bits per heavy atom. The number of aliphatic hydroxyl groups is 2. The first kappa shape index (κ1) is 52.8. The Balaban J connectivity index is 4.72. The fourth-order valence-corrected chi connectivity index (χ4v) is 5.86. The molecule has 0 aliphatic heterocycles. The molecule has 16 heteroatoms. The molecule has 0 aliphatic rings. The molecule has 0 saturated carbocycles. The minimum Gasteiger partial charge on any atom is -0.462 e. The van der Waals surface area contributed by atoms with E-state index in [9.17, 15) is 33.8 Å². The van der Waals surface area contributed by atoms with Crippen LogP contribution in [0.5, 0.6) is 0 Å². The van der Waals surface area contributed by atoms with Gasteiger partial charge in [0.1, 0.15) is 12.7 Å². The Morgan fingerprint density at radius 1 is 0.655 bits per heavy atom. The van der Waals surface area contributed by atoms with Crippen molar-refractivity contribution in [1.29, 1.82) is 0 Å². The minimum absolute atomic E-state index is 0.0331. The Kier molecular flexibility index (Phi) is 32.5. The molecule has 0 saturated heterocycles. The van der Waals surface area contributed by atoms with Gasteiger partial charge in [-0.15, -0.1) is 0 Å². The van der Waals surface area contributed by atoms with Crippen LogP contribution in [0.15, 0.2) is 60.8 Å². The van der Waals surface area contributed by atoms with Crippen molar-refractivity contribution < 1.29 is 66.7 Å². The number of esters is 2. The number of phosphoric ester groups is 2. The van der Waals surface area contributed by atoms with Crippen molar-refractivity contribution in [3.8, 4) is 0 Å². The quantitative estimate of drug-likeness (QED) is 0.0134. The topological polar surface area (TPSA) is 216 Å². The predicted octanol–water partition coefficient (Wildman–Crippen LogP) is 8.10. The molecule has 0 radical (unpaired) electrons. The van der Waals surface area contributed by atoms with E-state index in [1.54, 1.807) is 6.08 Å². The van der Waals surface area contributed by atoms with E-state index in [1.807, 2.05) is 61.6 Å². The molecule has 2 unspecified atom stereocenters. The van der Waals surface area contributed by atoms with Crippen LogP contribution >= 0.6 is 15.6 Å². The van der Waals surface area contributed by atoms with Crippen LogP contribution in [0.1, 0.15) is 124 Å². The van der Waals surface area contributed by atoms with Crippen molar-refractivity contribution in [2.45, 2.75) is 142 Å². The van der Waals surface area contributed by atoms with Gasteiger partial charge in [-0.25, -0.2) is 9.13 Å². The largest absolute Gasteiger partial charge is 0.472 e. The number of phosphoric acid groups is 2. The molecule has 0 rings (SSSR count). The summed E-state index contributed by atoms with van der Waals surface area (Å²) in [5.41, 5.74) is 0. The molecule has 0 aromatic heterocycles. The van der Waals surface area contributed by atoms with Gasteiger partial charge >= 0.3 is 27.6 Å². The van der Waals surface area contributed by atoms with Gasteiger partial charge in [-0.05, 0) is 50.9 Å². The van der Waals surface area contributed by atoms with Crippen molar-refractivity contribution in [2.75, 3.05) is 26.4 Å². The third-order valence-electron chi connectivity index (χ3n) is 7.66. The Bertz CT molecular complexity index is 1240. The number of aliphatic hydroxyl groups excluding tert-OH is 2. The molecule has 0 amide bonds. The van der Waals surface area contributed by atoms with Crippen LogP contribution < -0.4 is 0 Å². The summed E-state index contributed by atoms with van der Waals surface area (Å²) in [5.74, 6) is -0.418. The molecule has 318 valence electrons. The van der Waals surface area contributed by atoms with Crippen molar-refractivity contribution in [2.24, 2.45) is 5.92 Å². The summed E-state index contributed by atoms with van der Waals surface area (Å²) < 4.78 is 47.5. The molecule has 0 fully saturated rings. The Hall–Kier alpha value is -2.22. The van der Waals surface area contributed by atoms with Gasteiger partial charge in [-0.3, -0.25) is 23.2 Å². The Labute approximate surface area is 328 Å². The van der Waals surface area contributed by atoms with Crippen LogP contribution in [-0.2, 0) is 41.8 Å². The monoisotopic (exact) mass is 822 g/mol. The van der Waals surface area contributed by atoms with E-state index >= 15 is 0 Å². The van der Waals surface area contributed by atoms with Gasteiger partial charge in [0.2, 0.25) is 0 Å². The van der Waals surface area contributed by atoms with Crippen LogP contribution in [0.3, 0.4) is 0 Å². The van der Waals surface area contributed by atoms with Gasteiger partial charge in [0.15, 0.2) is 6.10 Å². The first-order valence-corrected chi connectivity index (χ1v) is 22.5. The van der Waals surface area contributed by atoms with Crippen LogP contribution in [0.4, 0.5) is 0 Å². The van der Waals surface area contributed by atoms with E-state index in [-0.39, 0.29) is 12.8 Å². The highest BCUT2D eigenvalue weighted by Crippen LogP contribution is 2.43. The van der Waals surface area contributed by atoms with E-state index in [1.165, 1.54) is 25.7 Å². The number of unbranched alkanes of at least 4 members (excludes halogenated alkanes) is 7. The van der Waals surface area contributed by atoms with Crippen LogP contribution in [0.2, 0.25) is 0 Å². The number of hydrogen-bond donors (Lipinski definition) is 5. The molecule has 0 heterocycles. The molecule has 0 bridgehead atoms. The summed E-state index contributed by atoms with van der Waals surface area (Å²) in [6.45, 7) is 3.64. The molecular weight excluding hydrogens is 754 g/mol. The first-order valence-electron chi connectivity index (χ1n) is 19.4. The highest BCUT2D eigenvalue weighted by Gasteiger charge is 2.28. The molecule has 0 aliphatic carbocycles. The standard InChI is InChI=1S/C39H68O14P2/c1-4-5-26-35(40)27-22-18-14-10-8-6-7-9-11-15-20-24-29-39(43)53-37(33-52-55(47,48)51-31-36(41)30-50-54(44,45)46)32-49-38(42)28-23-19-16-12-13-17-21-25-34(2)3/h5-7,10-11,14-15,18,22,26,34-37,40-41H,4,8-9,12-13,16-17,19-21,23-25,27-33H2,1-3H3,(H,47,48)(H2,44,45,46)/b7-6-,14-10-,15-11-,22-18+,26-5-/t35?,36-,37+/m0/s1. The van der Waals surface area contributed by atoms with Gasteiger partial charge in [-0.2, -0.15) is 0 Å². The van der Waals surface area contributed by atoms with E-state index in [0.717, 1.165) is 38.5 Å². The summed E-state index contributed by atoms with van der Waals surface area (Å²) in [7, 11) is -9.70. The molecular formula is C39H68O14P2. The Morgan fingerprint density at radius 3 is 1.91 bits per heavy atom. The number of carbonyl (C=O) groups is 2. The van der Waals surface area contributed by atoms with Gasteiger partial charge in [0.05, 0.1) is 25.9 Å². The molecule has 4 atom stereocenters. The number of carbonyl (C=O) groups excluding carboxylic acids is 2.